The summed E-state index contributed by atoms with van der Waals surface area (Å²) in [5.41, 5.74) is 0.281. The Bertz CT molecular complexity index is 433. The van der Waals surface area contributed by atoms with Gasteiger partial charge in [0.05, 0.1) is 5.57 Å². The first-order valence-corrected chi connectivity index (χ1v) is 10.1. The summed E-state index contributed by atoms with van der Waals surface area (Å²) in [5.74, 6) is -1.19. The van der Waals surface area contributed by atoms with E-state index in [0.29, 0.717) is 13.0 Å². The Balaban J connectivity index is 4.52. The molecular weight excluding hydrogens is 328 g/mol. The molecule has 0 saturated carbocycles. The van der Waals surface area contributed by atoms with Crippen LogP contribution in [0.4, 0.5) is 0 Å². The van der Waals surface area contributed by atoms with Crippen LogP contribution in [0.5, 0.6) is 0 Å². The second kappa shape index (κ2) is 16.8. The van der Waals surface area contributed by atoms with Gasteiger partial charge in [0.1, 0.15) is 0 Å². The first-order valence-electron chi connectivity index (χ1n) is 10.1. The summed E-state index contributed by atoms with van der Waals surface area (Å²) in [6, 6.07) is 0. The fraction of sp³-hybridized carbons (Fsp3) is 0.714. The third-order valence-electron chi connectivity index (χ3n) is 4.30. The number of hydrogen-bond donors (Lipinski definition) is 2. The Kier molecular flexibility index (Phi) is 15.8. The largest absolute Gasteiger partial charge is 0.478 e. The van der Waals surface area contributed by atoms with Gasteiger partial charge < -0.3 is 15.3 Å². The number of carboxylic acid groups (broad SMARTS) is 1. The lowest BCUT2D eigenvalue weighted by atomic mass is 10.1. The normalized spacial score (nSPS) is 11.4. The van der Waals surface area contributed by atoms with Gasteiger partial charge in [-0.15, -0.1) is 0 Å². The van der Waals surface area contributed by atoms with Crippen LogP contribution in [-0.2, 0) is 9.59 Å². The average Bonchev–Trinajstić information content (AvgIpc) is 2.63. The van der Waals surface area contributed by atoms with Crippen LogP contribution >= 0.6 is 0 Å². The van der Waals surface area contributed by atoms with Crippen molar-refractivity contribution < 1.29 is 14.7 Å². The molecule has 0 atom stereocenters. The molecule has 0 heterocycles. The van der Waals surface area contributed by atoms with Gasteiger partial charge in [-0.3, -0.25) is 4.79 Å². The van der Waals surface area contributed by atoms with E-state index in [9.17, 15) is 14.7 Å². The molecule has 2 N–H and O–H groups in total. The molecule has 0 radical (unpaired) electrons. The summed E-state index contributed by atoms with van der Waals surface area (Å²) in [5, 5.41) is 12.7. The Labute approximate surface area is 159 Å². The molecule has 0 bridgehead atoms. The summed E-state index contributed by atoms with van der Waals surface area (Å²) >= 11 is 0. The first kappa shape index (κ1) is 24.4. The number of carboxylic acids is 1. The van der Waals surface area contributed by atoms with Crippen LogP contribution in [0.25, 0.3) is 0 Å². The molecule has 0 aliphatic heterocycles. The fourth-order valence-corrected chi connectivity index (χ4v) is 2.66. The lowest BCUT2D eigenvalue weighted by Crippen LogP contribution is -2.26. The number of carbonyl (C=O) groups is 2. The molecule has 0 spiro atoms. The Morgan fingerprint density at radius 3 is 2.19 bits per heavy atom. The minimum absolute atomic E-state index is 0.238. The summed E-state index contributed by atoms with van der Waals surface area (Å²) < 4.78 is 0. The van der Waals surface area contributed by atoms with Crippen LogP contribution in [0.2, 0.25) is 0 Å². The maximum atomic E-state index is 12.0. The summed E-state index contributed by atoms with van der Waals surface area (Å²) in [6.45, 7) is 10.1. The highest BCUT2D eigenvalue weighted by atomic mass is 16.4. The number of rotatable bonds is 17. The van der Waals surface area contributed by atoms with E-state index in [4.69, 9.17) is 0 Å². The molecule has 5 heteroatoms. The van der Waals surface area contributed by atoms with E-state index in [-0.39, 0.29) is 11.5 Å². The van der Waals surface area contributed by atoms with Gasteiger partial charge in [-0.05, 0) is 44.8 Å². The molecule has 0 aromatic carbocycles. The lowest BCUT2D eigenvalue weighted by Gasteiger charge is -2.18. The van der Waals surface area contributed by atoms with E-state index in [1.54, 1.807) is 0 Å². The summed E-state index contributed by atoms with van der Waals surface area (Å²) in [4.78, 5) is 25.1. The van der Waals surface area contributed by atoms with E-state index in [2.05, 4.69) is 25.7 Å². The zero-order chi connectivity index (χ0) is 19.6. The fourth-order valence-electron chi connectivity index (χ4n) is 2.66. The number of nitrogens with zero attached hydrogens (tertiary/aromatic N) is 1. The smallest absolute Gasteiger partial charge is 0.333 e. The van der Waals surface area contributed by atoms with Crippen molar-refractivity contribution in [1.29, 1.82) is 0 Å². The zero-order valence-electron chi connectivity index (χ0n) is 16.8. The molecule has 0 saturated heterocycles. The number of hydrogen-bond acceptors (Lipinski definition) is 3. The third kappa shape index (κ3) is 12.7. The third-order valence-corrected chi connectivity index (χ3v) is 4.30. The molecule has 150 valence electrons. The molecule has 0 rings (SSSR count). The van der Waals surface area contributed by atoms with Gasteiger partial charge in [0.2, 0.25) is 5.91 Å². The Hall–Kier alpha value is -1.62. The van der Waals surface area contributed by atoms with Crippen LogP contribution in [0.1, 0.15) is 78.1 Å². The van der Waals surface area contributed by atoms with Crippen molar-refractivity contribution >= 4 is 11.9 Å². The van der Waals surface area contributed by atoms with Crippen LogP contribution in [-0.4, -0.2) is 41.5 Å². The average molecular weight is 367 g/mol. The molecule has 0 aromatic rings. The van der Waals surface area contributed by atoms with E-state index >= 15 is 0 Å². The van der Waals surface area contributed by atoms with Crippen molar-refractivity contribution in [2.45, 2.75) is 78.1 Å². The van der Waals surface area contributed by atoms with E-state index < -0.39 is 5.97 Å². The molecule has 0 aromatic heterocycles. The second-order valence-electron chi connectivity index (χ2n) is 6.67. The molecule has 26 heavy (non-hydrogen) atoms. The van der Waals surface area contributed by atoms with Gasteiger partial charge in [0.25, 0.3) is 0 Å². The highest BCUT2D eigenvalue weighted by molar-refractivity contribution is 5.90. The number of carbonyl (C=O) groups excluding carboxylic acids is 1. The van der Waals surface area contributed by atoms with E-state index in [1.165, 1.54) is 36.4 Å². The number of amides is 1. The van der Waals surface area contributed by atoms with Crippen LogP contribution in [0.15, 0.2) is 24.4 Å². The van der Waals surface area contributed by atoms with Gasteiger partial charge in [-0.1, -0.05) is 59.0 Å². The van der Waals surface area contributed by atoms with E-state index in [1.807, 2.05) is 0 Å². The van der Waals surface area contributed by atoms with Crippen molar-refractivity contribution in [3.05, 3.63) is 24.4 Å². The summed E-state index contributed by atoms with van der Waals surface area (Å²) in [7, 11) is 0. The maximum Gasteiger partial charge on any atom is 0.333 e. The molecular formula is C21H38N2O3. The first-order chi connectivity index (χ1) is 12.6. The molecule has 5 nitrogen and oxygen atoms in total. The highest BCUT2D eigenvalue weighted by Gasteiger charge is 2.13. The van der Waals surface area contributed by atoms with Crippen LogP contribution < -0.4 is 5.32 Å². The minimum atomic E-state index is -0.955. The zero-order valence-corrected chi connectivity index (χ0v) is 16.8. The minimum Gasteiger partial charge on any atom is -0.478 e. The molecule has 0 unspecified atom stereocenters. The van der Waals surface area contributed by atoms with Gasteiger partial charge in [0.15, 0.2) is 0 Å². The monoisotopic (exact) mass is 366 g/mol. The van der Waals surface area contributed by atoms with Gasteiger partial charge in [-0.2, -0.15) is 0 Å². The topological polar surface area (TPSA) is 69.6 Å². The van der Waals surface area contributed by atoms with Crippen molar-refractivity contribution in [2.75, 3.05) is 19.6 Å². The van der Waals surface area contributed by atoms with Crippen molar-refractivity contribution in [3.63, 3.8) is 0 Å². The molecule has 1 amide bonds. The lowest BCUT2D eigenvalue weighted by molar-refractivity contribution is -0.132. The summed E-state index contributed by atoms with van der Waals surface area (Å²) in [6.07, 6.45) is 13.0. The maximum absolute atomic E-state index is 12.0. The van der Waals surface area contributed by atoms with Gasteiger partial charge >= 0.3 is 5.97 Å². The van der Waals surface area contributed by atoms with Crippen molar-refractivity contribution in [1.82, 2.24) is 10.2 Å². The number of aliphatic carboxylic acids is 1. The molecule has 0 aliphatic carbocycles. The van der Waals surface area contributed by atoms with Crippen molar-refractivity contribution in [3.8, 4) is 0 Å². The standard InChI is InChI=1S/C21H38N2O3/c1-4-7-9-10-11-12-17-23(20(24)6-3)18-19(21(25)26)14-13-16-22-15-8-5-2/h6,18,22H,3-5,7-17H2,1-2H3,(H,25,26). The van der Waals surface area contributed by atoms with Crippen molar-refractivity contribution in [2.24, 2.45) is 0 Å². The number of nitrogens with one attached hydrogen (secondary N) is 1. The predicted molar refractivity (Wildman–Crippen MR) is 108 cm³/mol. The Morgan fingerprint density at radius 2 is 1.58 bits per heavy atom. The Morgan fingerprint density at radius 1 is 0.962 bits per heavy atom. The second-order valence-corrected chi connectivity index (χ2v) is 6.67. The van der Waals surface area contributed by atoms with Crippen LogP contribution in [0, 0.1) is 0 Å². The highest BCUT2D eigenvalue weighted by Crippen LogP contribution is 2.11. The van der Waals surface area contributed by atoms with Crippen LogP contribution in [0.3, 0.4) is 0 Å². The molecule has 0 fully saturated rings. The van der Waals surface area contributed by atoms with Gasteiger partial charge in [-0.25, -0.2) is 4.79 Å². The number of unbranched alkanes of at least 4 members (excludes halogenated alkanes) is 6. The van der Waals surface area contributed by atoms with E-state index in [0.717, 1.165) is 51.6 Å². The van der Waals surface area contributed by atoms with Gasteiger partial charge in [0, 0.05) is 12.7 Å². The molecule has 0 aliphatic rings. The predicted octanol–water partition coefficient (Wildman–Crippen LogP) is 4.50. The quantitative estimate of drug-likeness (QED) is 0.294. The SMILES string of the molecule is C=CC(=O)N(C=C(CCCNCCCC)C(=O)O)CCCCCCCC.